The highest BCUT2D eigenvalue weighted by Gasteiger charge is 2.60. The van der Waals surface area contributed by atoms with E-state index in [0.717, 1.165) is 0 Å². The summed E-state index contributed by atoms with van der Waals surface area (Å²) in [6, 6.07) is 19.9. The van der Waals surface area contributed by atoms with Gasteiger partial charge in [-0.05, 0) is 41.8 Å². The van der Waals surface area contributed by atoms with E-state index in [2.05, 4.69) is 6.07 Å². The number of rotatable bonds is 4. The molecule has 0 aromatic heterocycles. The number of hydrogen-bond donors (Lipinski definition) is 1. The largest absolute Gasteiger partial charge is 0.508 e. The fourth-order valence-electron chi connectivity index (χ4n) is 4.87. The van der Waals surface area contributed by atoms with Crippen molar-refractivity contribution < 1.29 is 14.4 Å². The predicted molar refractivity (Wildman–Crippen MR) is 114 cm³/mol. The molecule has 0 saturated heterocycles. The Hall–Kier alpha value is -3.92. The van der Waals surface area contributed by atoms with Crippen molar-refractivity contribution in [3.63, 3.8) is 0 Å². The molecule has 7 heteroatoms. The summed E-state index contributed by atoms with van der Waals surface area (Å²) in [5, 5.41) is 32.3. The van der Waals surface area contributed by atoms with Gasteiger partial charge in [-0.15, -0.1) is 0 Å². The number of aromatic hydroxyl groups is 1. The van der Waals surface area contributed by atoms with E-state index in [9.17, 15) is 24.9 Å². The van der Waals surface area contributed by atoms with Crippen molar-refractivity contribution in [3.05, 3.63) is 99.4 Å². The SMILES string of the molecule is CN1c2ccc(F)cc2C(C)(Cc2cc([N+](=O)[O-])ccc2O)C1(C#N)c1ccccc1. The van der Waals surface area contributed by atoms with Gasteiger partial charge in [-0.2, -0.15) is 5.26 Å². The third-order valence-corrected chi connectivity index (χ3v) is 6.39. The van der Waals surface area contributed by atoms with Crippen LogP contribution in [0.5, 0.6) is 5.75 Å². The molecule has 0 saturated carbocycles. The molecule has 156 valence electrons. The minimum atomic E-state index is -1.23. The molecule has 6 nitrogen and oxygen atoms in total. The van der Waals surface area contributed by atoms with Gasteiger partial charge in [0.15, 0.2) is 5.54 Å². The first-order valence-corrected chi connectivity index (χ1v) is 9.71. The molecule has 0 amide bonds. The summed E-state index contributed by atoms with van der Waals surface area (Å²) >= 11 is 0. The highest BCUT2D eigenvalue weighted by atomic mass is 19.1. The van der Waals surface area contributed by atoms with Crippen LogP contribution in [-0.2, 0) is 17.4 Å². The lowest BCUT2D eigenvalue weighted by atomic mass is 9.63. The fourth-order valence-corrected chi connectivity index (χ4v) is 4.87. The van der Waals surface area contributed by atoms with Gasteiger partial charge in [0.05, 0.1) is 11.0 Å². The van der Waals surface area contributed by atoms with Crippen LogP contribution in [0.1, 0.15) is 23.6 Å². The zero-order valence-electron chi connectivity index (χ0n) is 17.0. The van der Waals surface area contributed by atoms with Gasteiger partial charge in [0.25, 0.3) is 5.69 Å². The number of nitro groups is 1. The molecule has 1 N–H and O–H groups in total. The van der Waals surface area contributed by atoms with Crippen LogP contribution >= 0.6 is 0 Å². The number of halogens is 1. The Labute approximate surface area is 178 Å². The Balaban J connectivity index is 2.00. The van der Waals surface area contributed by atoms with Crippen LogP contribution in [0.25, 0.3) is 0 Å². The average Bonchev–Trinajstić information content (AvgIpc) is 2.94. The summed E-state index contributed by atoms with van der Waals surface area (Å²) in [5.41, 5.74) is -0.0968. The maximum Gasteiger partial charge on any atom is 0.269 e. The van der Waals surface area contributed by atoms with Crippen molar-refractivity contribution in [2.75, 3.05) is 11.9 Å². The van der Waals surface area contributed by atoms with Crippen LogP contribution < -0.4 is 4.90 Å². The van der Waals surface area contributed by atoms with Crippen LogP contribution in [0.15, 0.2) is 66.7 Å². The number of phenols is 1. The molecule has 3 aromatic rings. The molecule has 1 aliphatic heterocycles. The van der Waals surface area contributed by atoms with Crippen molar-refractivity contribution in [1.82, 2.24) is 0 Å². The summed E-state index contributed by atoms with van der Waals surface area (Å²) in [7, 11) is 1.78. The molecule has 0 radical (unpaired) electrons. The molecule has 0 bridgehead atoms. The minimum Gasteiger partial charge on any atom is -0.508 e. The normalized spacial score (nSPS) is 22.1. The zero-order chi connectivity index (χ0) is 22.4. The van der Waals surface area contributed by atoms with Crippen molar-refractivity contribution in [2.45, 2.75) is 24.3 Å². The first-order chi connectivity index (χ1) is 14.7. The van der Waals surface area contributed by atoms with Crippen molar-refractivity contribution >= 4 is 11.4 Å². The molecular formula is C24H20FN3O3. The van der Waals surface area contributed by atoms with E-state index in [1.165, 1.54) is 30.3 Å². The minimum absolute atomic E-state index is 0.0871. The van der Waals surface area contributed by atoms with Crippen LogP contribution in [-0.4, -0.2) is 17.1 Å². The van der Waals surface area contributed by atoms with E-state index in [4.69, 9.17) is 0 Å². The topological polar surface area (TPSA) is 90.4 Å². The Morgan fingerprint density at radius 3 is 2.52 bits per heavy atom. The van der Waals surface area contributed by atoms with Crippen LogP contribution in [0.4, 0.5) is 15.8 Å². The third-order valence-electron chi connectivity index (χ3n) is 6.39. The number of benzene rings is 3. The molecule has 0 fully saturated rings. The van der Waals surface area contributed by atoms with Crippen molar-refractivity contribution in [2.24, 2.45) is 0 Å². The number of likely N-dealkylation sites (N-methyl/N-ethyl adjacent to an activating group) is 1. The smallest absolute Gasteiger partial charge is 0.269 e. The maximum atomic E-state index is 14.3. The molecule has 1 aliphatic rings. The fraction of sp³-hybridized carbons (Fsp3) is 0.208. The Bertz CT molecular complexity index is 1220. The van der Waals surface area contributed by atoms with Gasteiger partial charge in [-0.3, -0.25) is 10.1 Å². The average molecular weight is 417 g/mol. The first-order valence-electron chi connectivity index (χ1n) is 9.71. The van der Waals surface area contributed by atoms with E-state index in [-0.39, 0.29) is 17.9 Å². The molecule has 1 heterocycles. The lowest BCUT2D eigenvalue weighted by Crippen LogP contribution is -2.53. The molecule has 0 spiro atoms. The Morgan fingerprint density at radius 2 is 1.87 bits per heavy atom. The summed E-state index contributed by atoms with van der Waals surface area (Å²) in [5.74, 6) is -0.553. The van der Waals surface area contributed by atoms with E-state index >= 15 is 0 Å². The van der Waals surface area contributed by atoms with Gasteiger partial charge in [0, 0.05) is 35.8 Å². The van der Waals surface area contributed by atoms with E-state index in [1.54, 1.807) is 13.1 Å². The molecule has 2 unspecified atom stereocenters. The van der Waals surface area contributed by atoms with Gasteiger partial charge in [-0.1, -0.05) is 37.3 Å². The monoisotopic (exact) mass is 417 g/mol. The van der Waals surface area contributed by atoms with Crippen LogP contribution in [0.2, 0.25) is 0 Å². The molecule has 4 rings (SSSR count). The second kappa shape index (κ2) is 7.10. The maximum absolute atomic E-state index is 14.3. The predicted octanol–water partition coefficient (Wildman–Crippen LogP) is 4.81. The lowest BCUT2D eigenvalue weighted by Gasteiger charge is -2.43. The second-order valence-corrected chi connectivity index (χ2v) is 7.99. The van der Waals surface area contributed by atoms with E-state index < -0.39 is 21.7 Å². The number of hydrogen-bond acceptors (Lipinski definition) is 5. The standard InChI is InChI=1S/C24H20FN3O3/c1-23(14-16-12-19(28(30)31)9-11-22(16)29)20-13-18(25)8-10-21(20)27(2)24(23,15-26)17-6-4-3-5-7-17/h3-13,29H,14H2,1-2H3. The Morgan fingerprint density at radius 1 is 1.16 bits per heavy atom. The van der Waals surface area contributed by atoms with E-state index in [1.807, 2.05) is 42.2 Å². The molecule has 2 atom stereocenters. The molecule has 0 aliphatic carbocycles. The van der Waals surface area contributed by atoms with Gasteiger partial charge in [0.1, 0.15) is 11.6 Å². The van der Waals surface area contributed by atoms with Gasteiger partial charge < -0.3 is 10.0 Å². The number of anilines is 1. The Kier molecular flexibility index (Phi) is 4.66. The molecular weight excluding hydrogens is 397 g/mol. The summed E-state index contributed by atoms with van der Waals surface area (Å²) in [6.07, 6.45) is 0.0871. The number of nitriles is 1. The second-order valence-electron chi connectivity index (χ2n) is 7.99. The number of non-ortho nitro benzene ring substituents is 1. The summed E-state index contributed by atoms with van der Waals surface area (Å²) in [6.45, 7) is 1.84. The number of fused-ring (bicyclic) bond motifs is 1. The highest BCUT2D eigenvalue weighted by molar-refractivity contribution is 5.71. The first kappa shape index (κ1) is 20.4. The summed E-state index contributed by atoms with van der Waals surface area (Å²) < 4.78 is 14.3. The number of phenolic OH excluding ortho intramolecular Hbond substituents is 1. The van der Waals surface area contributed by atoms with Gasteiger partial charge >= 0.3 is 0 Å². The van der Waals surface area contributed by atoms with E-state index in [0.29, 0.717) is 22.4 Å². The van der Waals surface area contributed by atoms with Crippen molar-refractivity contribution in [3.8, 4) is 11.8 Å². The third kappa shape index (κ3) is 2.83. The van der Waals surface area contributed by atoms with Crippen LogP contribution in [0, 0.1) is 27.3 Å². The highest BCUT2D eigenvalue weighted by Crippen LogP contribution is 2.58. The lowest BCUT2D eigenvalue weighted by molar-refractivity contribution is -0.384. The van der Waals surface area contributed by atoms with Gasteiger partial charge in [-0.25, -0.2) is 4.39 Å². The number of nitrogens with zero attached hydrogens (tertiary/aromatic N) is 3. The molecule has 31 heavy (non-hydrogen) atoms. The quantitative estimate of drug-likeness (QED) is 0.486. The van der Waals surface area contributed by atoms with Gasteiger partial charge in [0.2, 0.25) is 0 Å². The van der Waals surface area contributed by atoms with Crippen molar-refractivity contribution in [1.29, 1.82) is 5.26 Å². The number of nitro benzene ring substituents is 1. The summed E-state index contributed by atoms with van der Waals surface area (Å²) in [4.78, 5) is 12.6. The molecule has 3 aromatic carbocycles. The van der Waals surface area contributed by atoms with Crippen LogP contribution in [0.3, 0.4) is 0 Å². The zero-order valence-corrected chi connectivity index (χ0v) is 17.0.